The van der Waals surface area contributed by atoms with Gasteiger partial charge in [0.2, 0.25) is 5.91 Å². The number of thiazole rings is 1. The van der Waals surface area contributed by atoms with E-state index in [9.17, 15) is 18.0 Å². The van der Waals surface area contributed by atoms with Crippen molar-refractivity contribution >= 4 is 40.8 Å². The quantitative estimate of drug-likeness (QED) is 0.511. The van der Waals surface area contributed by atoms with Gasteiger partial charge in [0.15, 0.2) is 0 Å². The lowest BCUT2D eigenvalue weighted by atomic mass is 10.1. The summed E-state index contributed by atoms with van der Waals surface area (Å²) in [6.07, 6.45) is -1.08. The average Bonchev–Trinajstić information content (AvgIpc) is 3.06. The molecule has 25 heavy (non-hydrogen) atoms. The number of halogens is 3. The van der Waals surface area contributed by atoms with E-state index in [2.05, 4.69) is 10.3 Å². The number of nitrogens with one attached hydrogen (secondary N) is 1. The van der Waals surface area contributed by atoms with Crippen molar-refractivity contribution in [2.45, 2.75) is 36.6 Å². The lowest BCUT2D eigenvalue weighted by Crippen LogP contribution is -2.15. The van der Waals surface area contributed by atoms with Crippen LogP contribution in [0.15, 0.2) is 40.1 Å². The van der Waals surface area contributed by atoms with E-state index in [1.807, 2.05) is 13.8 Å². The van der Waals surface area contributed by atoms with Gasteiger partial charge >= 0.3 is 6.18 Å². The predicted octanol–water partition coefficient (Wildman–Crippen LogP) is 5.70. The molecule has 0 unspecified atom stereocenters. The minimum absolute atomic E-state index is 0.211. The number of rotatable bonds is 6. The van der Waals surface area contributed by atoms with Gasteiger partial charge in [-0.2, -0.15) is 13.2 Å². The Labute approximate surface area is 152 Å². The molecule has 3 nitrogen and oxygen atoms in total. The van der Waals surface area contributed by atoms with Crippen LogP contribution in [-0.4, -0.2) is 16.1 Å². The summed E-state index contributed by atoms with van der Waals surface area (Å²) in [6.45, 7) is 3.93. The van der Waals surface area contributed by atoms with Gasteiger partial charge in [0.25, 0.3) is 0 Å². The van der Waals surface area contributed by atoms with Gasteiger partial charge in [0.1, 0.15) is 0 Å². The first-order chi connectivity index (χ1) is 11.8. The molecule has 0 spiro atoms. The van der Waals surface area contributed by atoms with E-state index >= 15 is 0 Å². The zero-order valence-corrected chi connectivity index (χ0v) is 15.3. The van der Waals surface area contributed by atoms with Crippen LogP contribution < -0.4 is 5.32 Å². The highest BCUT2D eigenvalue weighted by Crippen LogP contribution is 2.38. The third kappa shape index (κ3) is 5.89. The van der Waals surface area contributed by atoms with Crippen molar-refractivity contribution in [1.82, 2.24) is 4.98 Å². The number of thioether (sulfide) groups is 1. The van der Waals surface area contributed by atoms with Crippen LogP contribution in [0.2, 0.25) is 0 Å². The molecule has 0 saturated heterocycles. The number of hydrogen-bond donors (Lipinski definition) is 1. The first-order valence-electron chi connectivity index (χ1n) is 7.54. The summed E-state index contributed by atoms with van der Waals surface area (Å²) >= 11 is 2.74. The number of anilines is 1. The van der Waals surface area contributed by atoms with Crippen LogP contribution in [0.4, 0.5) is 18.9 Å². The maximum Gasteiger partial charge on any atom is 0.418 e. The fourth-order valence-corrected chi connectivity index (χ4v) is 3.38. The maximum atomic E-state index is 13.3. The van der Waals surface area contributed by atoms with Gasteiger partial charge in [-0.15, -0.1) is 23.1 Å². The highest BCUT2D eigenvalue weighted by Gasteiger charge is 2.34. The topological polar surface area (TPSA) is 42.0 Å². The molecule has 134 valence electrons. The van der Waals surface area contributed by atoms with Crippen molar-refractivity contribution in [2.75, 3.05) is 5.32 Å². The van der Waals surface area contributed by atoms with Crippen molar-refractivity contribution in [3.8, 4) is 0 Å². The number of hydrogen-bond acceptors (Lipinski definition) is 4. The van der Waals surface area contributed by atoms with Crippen molar-refractivity contribution in [3.05, 3.63) is 46.4 Å². The van der Waals surface area contributed by atoms with E-state index < -0.39 is 17.6 Å². The second-order valence-corrected chi connectivity index (χ2v) is 7.51. The third-order valence-electron chi connectivity index (χ3n) is 3.32. The van der Waals surface area contributed by atoms with E-state index in [4.69, 9.17) is 0 Å². The molecule has 0 fully saturated rings. The van der Waals surface area contributed by atoms with Crippen LogP contribution in [0.1, 0.15) is 31.5 Å². The molecule has 1 aromatic carbocycles. The molecule has 0 aliphatic rings. The second kappa shape index (κ2) is 8.53. The molecule has 2 aromatic rings. The Kier molecular flexibility index (Phi) is 6.66. The Bertz CT molecular complexity index is 743. The van der Waals surface area contributed by atoms with Gasteiger partial charge in [0, 0.05) is 21.6 Å². The van der Waals surface area contributed by atoms with E-state index in [-0.39, 0.29) is 10.9 Å². The van der Waals surface area contributed by atoms with E-state index in [1.165, 1.54) is 35.2 Å². The van der Waals surface area contributed by atoms with Crippen molar-refractivity contribution in [1.29, 1.82) is 0 Å². The molecule has 1 atom stereocenters. The molecule has 1 amide bonds. The van der Waals surface area contributed by atoms with Crippen molar-refractivity contribution < 1.29 is 18.0 Å². The van der Waals surface area contributed by atoms with E-state index in [0.717, 1.165) is 18.6 Å². The molecule has 1 aromatic heterocycles. The Morgan fingerprint density at radius 2 is 2.20 bits per heavy atom. The molecule has 1 heterocycles. The molecule has 2 rings (SSSR count). The molecule has 0 aliphatic heterocycles. The Balaban J connectivity index is 2.19. The standard InChI is InChI=1S/C17H17F3N2OS2/c1-3-11(2)25-13-5-6-15(14(8-13)17(18,19)20)22-16(23)7-4-12-9-24-10-21-12/h4-11H,3H2,1-2H3,(H,22,23)/b7-4-/t11-/m0/s1. The number of amides is 1. The van der Waals surface area contributed by atoms with Gasteiger partial charge in [-0.05, 0) is 30.7 Å². The highest BCUT2D eigenvalue weighted by atomic mass is 32.2. The number of aromatic nitrogens is 1. The van der Waals surface area contributed by atoms with Crippen LogP contribution in [0.5, 0.6) is 0 Å². The molecule has 0 aliphatic carbocycles. The molecule has 8 heteroatoms. The summed E-state index contributed by atoms with van der Waals surface area (Å²) in [5.41, 5.74) is 1.08. The zero-order valence-electron chi connectivity index (χ0n) is 13.6. The lowest BCUT2D eigenvalue weighted by Gasteiger charge is -2.16. The summed E-state index contributed by atoms with van der Waals surface area (Å²) in [4.78, 5) is 16.4. The summed E-state index contributed by atoms with van der Waals surface area (Å²) < 4.78 is 40.0. The first kappa shape index (κ1) is 19.5. The Morgan fingerprint density at radius 3 is 2.80 bits per heavy atom. The summed E-state index contributed by atoms with van der Waals surface area (Å²) in [5.74, 6) is -0.638. The number of carbonyl (C=O) groups is 1. The highest BCUT2D eigenvalue weighted by molar-refractivity contribution is 7.99. The fraction of sp³-hybridized carbons (Fsp3) is 0.294. The SMILES string of the molecule is CC[C@H](C)Sc1ccc(NC(=O)/C=C\c2cscn2)c(C(F)(F)F)c1. The Morgan fingerprint density at radius 1 is 1.44 bits per heavy atom. The molecule has 0 saturated carbocycles. The van der Waals surface area contributed by atoms with Gasteiger partial charge in [-0.25, -0.2) is 4.98 Å². The summed E-state index contributed by atoms with van der Waals surface area (Å²) in [7, 11) is 0. The van der Waals surface area contributed by atoms with Crippen LogP contribution in [0.3, 0.4) is 0 Å². The molecule has 1 N–H and O–H groups in total. The van der Waals surface area contributed by atoms with Gasteiger partial charge in [0.05, 0.1) is 22.5 Å². The number of alkyl halides is 3. The van der Waals surface area contributed by atoms with Crippen molar-refractivity contribution in [2.24, 2.45) is 0 Å². The monoisotopic (exact) mass is 386 g/mol. The van der Waals surface area contributed by atoms with Gasteiger partial charge < -0.3 is 5.32 Å². The molecular formula is C17H17F3N2OS2. The van der Waals surface area contributed by atoms with E-state index in [1.54, 1.807) is 17.0 Å². The fourth-order valence-electron chi connectivity index (χ4n) is 1.90. The van der Waals surface area contributed by atoms with Gasteiger partial charge in [-0.1, -0.05) is 13.8 Å². The lowest BCUT2D eigenvalue weighted by molar-refractivity contribution is -0.137. The van der Waals surface area contributed by atoms with E-state index in [0.29, 0.717) is 10.6 Å². The summed E-state index contributed by atoms with van der Waals surface area (Å²) in [6, 6.07) is 3.96. The largest absolute Gasteiger partial charge is 0.418 e. The van der Waals surface area contributed by atoms with Crippen LogP contribution in [0, 0.1) is 0 Å². The Hall–Kier alpha value is -1.80. The minimum Gasteiger partial charge on any atom is -0.322 e. The van der Waals surface area contributed by atoms with Crippen LogP contribution in [-0.2, 0) is 11.0 Å². The zero-order chi connectivity index (χ0) is 18.4. The third-order valence-corrected chi connectivity index (χ3v) is 5.19. The first-order valence-corrected chi connectivity index (χ1v) is 9.37. The van der Waals surface area contributed by atoms with Crippen molar-refractivity contribution in [3.63, 3.8) is 0 Å². The van der Waals surface area contributed by atoms with Gasteiger partial charge in [-0.3, -0.25) is 4.79 Å². The predicted molar refractivity (Wildman–Crippen MR) is 96.8 cm³/mol. The molecule has 0 bridgehead atoms. The maximum absolute atomic E-state index is 13.3. The number of nitrogens with zero attached hydrogens (tertiary/aromatic N) is 1. The molecular weight excluding hydrogens is 369 g/mol. The smallest absolute Gasteiger partial charge is 0.322 e. The molecule has 0 radical (unpaired) electrons. The average molecular weight is 386 g/mol. The second-order valence-electron chi connectivity index (χ2n) is 5.28. The minimum atomic E-state index is -4.55. The van der Waals surface area contributed by atoms with Crippen LogP contribution in [0.25, 0.3) is 6.08 Å². The van der Waals surface area contributed by atoms with Crippen LogP contribution >= 0.6 is 23.1 Å². The number of benzene rings is 1. The number of carbonyl (C=O) groups excluding carboxylic acids is 1. The normalized spacial score (nSPS) is 13.2. The summed E-state index contributed by atoms with van der Waals surface area (Å²) in [5, 5.41) is 4.23.